The van der Waals surface area contributed by atoms with Gasteiger partial charge in [0.1, 0.15) is 11.5 Å². The van der Waals surface area contributed by atoms with E-state index < -0.39 is 5.97 Å². The van der Waals surface area contributed by atoms with Crippen molar-refractivity contribution in [3.8, 4) is 11.5 Å². The summed E-state index contributed by atoms with van der Waals surface area (Å²) >= 11 is 0. The lowest BCUT2D eigenvalue weighted by atomic mass is 9.97. The SMILES string of the molecule is CC(CC(=O)Nc1cc(Oc2ccccc2)ccc1C(=O)O)c1ccccc1. The normalized spacial score (nSPS) is 11.5. The average molecular weight is 375 g/mol. The van der Waals surface area contributed by atoms with Crippen LogP contribution in [0.15, 0.2) is 78.9 Å². The number of amides is 1. The minimum atomic E-state index is -1.11. The van der Waals surface area contributed by atoms with E-state index in [0.29, 0.717) is 11.5 Å². The Kier molecular flexibility index (Phi) is 6.07. The highest BCUT2D eigenvalue weighted by atomic mass is 16.5. The molecule has 28 heavy (non-hydrogen) atoms. The molecule has 0 fully saturated rings. The summed E-state index contributed by atoms with van der Waals surface area (Å²) in [5.74, 6) is -0.283. The molecule has 0 spiro atoms. The molecule has 1 amide bonds. The number of ether oxygens (including phenoxy) is 1. The first-order valence-electron chi connectivity index (χ1n) is 8.98. The van der Waals surface area contributed by atoms with Crippen LogP contribution in [0.5, 0.6) is 11.5 Å². The second-order valence-corrected chi connectivity index (χ2v) is 6.49. The minimum Gasteiger partial charge on any atom is -0.478 e. The maximum Gasteiger partial charge on any atom is 0.337 e. The fourth-order valence-corrected chi connectivity index (χ4v) is 2.88. The molecule has 142 valence electrons. The molecule has 0 bridgehead atoms. The molecule has 5 heteroatoms. The van der Waals surface area contributed by atoms with E-state index in [1.807, 2.05) is 55.5 Å². The summed E-state index contributed by atoms with van der Waals surface area (Å²) in [6.45, 7) is 1.96. The van der Waals surface area contributed by atoms with Crippen LogP contribution in [-0.4, -0.2) is 17.0 Å². The fraction of sp³-hybridized carbons (Fsp3) is 0.130. The number of hydrogen-bond donors (Lipinski definition) is 2. The Hall–Kier alpha value is -3.60. The number of benzene rings is 3. The van der Waals surface area contributed by atoms with Gasteiger partial charge < -0.3 is 15.2 Å². The highest BCUT2D eigenvalue weighted by Gasteiger charge is 2.16. The Morgan fingerprint density at radius 3 is 2.21 bits per heavy atom. The summed E-state index contributed by atoms with van der Waals surface area (Å²) in [7, 11) is 0. The summed E-state index contributed by atoms with van der Waals surface area (Å²) in [6, 6.07) is 23.4. The Bertz CT molecular complexity index is 955. The first-order chi connectivity index (χ1) is 13.5. The topological polar surface area (TPSA) is 75.6 Å². The van der Waals surface area contributed by atoms with Crippen LogP contribution in [0.25, 0.3) is 0 Å². The monoisotopic (exact) mass is 375 g/mol. The van der Waals surface area contributed by atoms with Crippen molar-refractivity contribution >= 4 is 17.6 Å². The first kappa shape index (κ1) is 19.2. The molecule has 3 aromatic rings. The molecule has 0 aromatic heterocycles. The molecular weight excluding hydrogens is 354 g/mol. The molecular formula is C23H21NO4. The van der Waals surface area contributed by atoms with E-state index >= 15 is 0 Å². The van der Waals surface area contributed by atoms with E-state index in [1.165, 1.54) is 12.1 Å². The molecule has 2 N–H and O–H groups in total. The highest BCUT2D eigenvalue weighted by Crippen LogP contribution is 2.28. The van der Waals surface area contributed by atoms with Gasteiger partial charge in [0.15, 0.2) is 0 Å². The van der Waals surface area contributed by atoms with Gasteiger partial charge in [0.05, 0.1) is 11.3 Å². The number of nitrogens with one attached hydrogen (secondary N) is 1. The third kappa shape index (κ3) is 4.98. The standard InChI is InChI=1S/C23H21NO4/c1-16(17-8-4-2-5-9-17)14-22(25)24-21-15-19(12-13-20(21)23(26)27)28-18-10-6-3-7-11-18/h2-13,15-16H,14H2,1H3,(H,24,25)(H,26,27). The van der Waals surface area contributed by atoms with E-state index in [0.717, 1.165) is 5.56 Å². The molecule has 0 radical (unpaired) electrons. The number of carbonyl (C=O) groups excluding carboxylic acids is 1. The minimum absolute atomic E-state index is 0.0122. The van der Waals surface area contributed by atoms with E-state index in [9.17, 15) is 14.7 Å². The molecule has 5 nitrogen and oxygen atoms in total. The smallest absolute Gasteiger partial charge is 0.337 e. The fourth-order valence-electron chi connectivity index (χ4n) is 2.88. The largest absolute Gasteiger partial charge is 0.478 e. The lowest BCUT2D eigenvalue weighted by Gasteiger charge is -2.14. The van der Waals surface area contributed by atoms with Gasteiger partial charge in [-0.1, -0.05) is 55.5 Å². The maximum atomic E-state index is 12.5. The zero-order valence-electron chi connectivity index (χ0n) is 15.5. The summed E-state index contributed by atoms with van der Waals surface area (Å²) in [5, 5.41) is 12.1. The first-order valence-corrected chi connectivity index (χ1v) is 8.98. The number of carboxylic acid groups (broad SMARTS) is 1. The van der Waals surface area contributed by atoms with E-state index in [2.05, 4.69) is 5.32 Å². The number of hydrogen-bond acceptors (Lipinski definition) is 3. The van der Waals surface area contributed by atoms with Gasteiger partial charge in [0.2, 0.25) is 5.91 Å². The van der Waals surface area contributed by atoms with Gasteiger partial charge >= 0.3 is 5.97 Å². The molecule has 1 unspecified atom stereocenters. The second kappa shape index (κ2) is 8.86. The van der Waals surface area contributed by atoms with Gasteiger partial charge in [-0.25, -0.2) is 4.79 Å². The Morgan fingerprint density at radius 1 is 0.929 bits per heavy atom. The van der Waals surface area contributed by atoms with Gasteiger partial charge in [0, 0.05) is 12.5 Å². The number of anilines is 1. The van der Waals surface area contributed by atoms with Crippen molar-refractivity contribution < 1.29 is 19.4 Å². The quantitative estimate of drug-likeness (QED) is 0.587. The van der Waals surface area contributed by atoms with Crippen LogP contribution in [0.3, 0.4) is 0 Å². The maximum absolute atomic E-state index is 12.5. The summed E-state index contributed by atoms with van der Waals surface area (Å²) in [6.07, 6.45) is 0.243. The Morgan fingerprint density at radius 2 is 1.57 bits per heavy atom. The van der Waals surface area contributed by atoms with Gasteiger partial charge in [-0.2, -0.15) is 0 Å². The Labute approximate surface area is 163 Å². The predicted octanol–water partition coefficient (Wildman–Crippen LogP) is 5.31. The zero-order chi connectivity index (χ0) is 19.9. The van der Waals surface area contributed by atoms with Gasteiger partial charge in [-0.15, -0.1) is 0 Å². The summed E-state index contributed by atoms with van der Waals surface area (Å²) in [4.78, 5) is 24.0. The van der Waals surface area contributed by atoms with Crippen molar-refractivity contribution in [3.05, 3.63) is 90.0 Å². The van der Waals surface area contributed by atoms with Crippen LogP contribution in [0.1, 0.15) is 35.2 Å². The average Bonchev–Trinajstić information content (AvgIpc) is 2.69. The van der Waals surface area contributed by atoms with Crippen LogP contribution in [0, 0.1) is 0 Å². The highest BCUT2D eigenvalue weighted by molar-refractivity contribution is 6.01. The van der Waals surface area contributed by atoms with Crippen molar-refractivity contribution in [2.75, 3.05) is 5.32 Å². The molecule has 0 aliphatic rings. The summed E-state index contributed by atoms with van der Waals surface area (Å²) < 4.78 is 5.74. The van der Waals surface area contributed by atoms with Crippen molar-refractivity contribution in [2.24, 2.45) is 0 Å². The molecule has 0 heterocycles. The molecule has 0 saturated heterocycles. The van der Waals surface area contributed by atoms with Crippen LogP contribution in [-0.2, 0) is 4.79 Å². The number of aromatic carboxylic acids is 1. The van der Waals surface area contributed by atoms with E-state index in [1.54, 1.807) is 18.2 Å². The van der Waals surface area contributed by atoms with Crippen LogP contribution >= 0.6 is 0 Å². The molecule has 1 atom stereocenters. The number of carboxylic acids is 1. The van der Waals surface area contributed by atoms with Crippen molar-refractivity contribution in [3.63, 3.8) is 0 Å². The van der Waals surface area contributed by atoms with Crippen molar-refractivity contribution in [2.45, 2.75) is 19.3 Å². The molecule has 3 aromatic carbocycles. The predicted molar refractivity (Wildman–Crippen MR) is 108 cm³/mol. The van der Waals surface area contributed by atoms with Crippen LogP contribution in [0.4, 0.5) is 5.69 Å². The zero-order valence-corrected chi connectivity index (χ0v) is 15.5. The molecule has 0 aliphatic heterocycles. The number of rotatable bonds is 7. The van der Waals surface area contributed by atoms with Crippen molar-refractivity contribution in [1.82, 2.24) is 0 Å². The van der Waals surface area contributed by atoms with Gasteiger partial charge in [0.25, 0.3) is 0 Å². The van der Waals surface area contributed by atoms with Crippen LogP contribution in [0.2, 0.25) is 0 Å². The van der Waals surface area contributed by atoms with Gasteiger partial charge in [-0.3, -0.25) is 4.79 Å². The van der Waals surface area contributed by atoms with Crippen molar-refractivity contribution in [1.29, 1.82) is 0 Å². The third-order valence-electron chi connectivity index (χ3n) is 4.33. The van der Waals surface area contributed by atoms with E-state index in [4.69, 9.17) is 4.74 Å². The number of carbonyl (C=O) groups is 2. The molecule has 3 rings (SSSR count). The molecule has 0 saturated carbocycles. The second-order valence-electron chi connectivity index (χ2n) is 6.49. The Balaban J connectivity index is 1.76. The summed E-state index contributed by atoms with van der Waals surface area (Å²) in [5.41, 5.74) is 1.28. The van der Waals surface area contributed by atoms with Gasteiger partial charge in [-0.05, 0) is 35.7 Å². The number of para-hydroxylation sites is 1. The molecule has 0 aliphatic carbocycles. The lowest BCUT2D eigenvalue weighted by Crippen LogP contribution is -2.16. The van der Waals surface area contributed by atoms with E-state index in [-0.39, 0.29) is 29.5 Å². The van der Waals surface area contributed by atoms with Crippen LogP contribution < -0.4 is 10.1 Å². The lowest BCUT2D eigenvalue weighted by molar-refractivity contribution is -0.116. The third-order valence-corrected chi connectivity index (χ3v) is 4.33.